The Kier molecular flexibility index (Phi) is 7.94. The Morgan fingerprint density at radius 3 is 2.78 bits per heavy atom. The van der Waals surface area contributed by atoms with Crippen molar-refractivity contribution in [3.63, 3.8) is 0 Å². The number of carbonyl (C=O) groups excluding carboxylic acids is 1. The van der Waals surface area contributed by atoms with Crippen molar-refractivity contribution in [1.29, 1.82) is 0 Å². The van der Waals surface area contributed by atoms with Gasteiger partial charge in [-0.25, -0.2) is 9.78 Å². The third-order valence-corrected chi connectivity index (χ3v) is 4.29. The van der Waals surface area contributed by atoms with Crippen molar-refractivity contribution in [2.45, 2.75) is 39.7 Å². The number of ether oxygens (including phenoxy) is 1. The lowest BCUT2D eigenvalue weighted by Gasteiger charge is -2.13. The van der Waals surface area contributed by atoms with E-state index in [9.17, 15) is 4.79 Å². The molecule has 1 aromatic heterocycles. The van der Waals surface area contributed by atoms with Gasteiger partial charge in [-0.2, -0.15) is 4.99 Å². The zero-order valence-electron chi connectivity index (χ0n) is 15.5. The van der Waals surface area contributed by atoms with Crippen molar-refractivity contribution in [3.8, 4) is 0 Å². The van der Waals surface area contributed by atoms with E-state index in [-0.39, 0.29) is 12.0 Å². The Hall–Kier alpha value is -2.25. The minimum absolute atomic E-state index is 0.161. The van der Waals surface area contributed by atoms with Crippen molar-refractivity contribution in [2.75, 3.05) is 11.9 Å². The molecule has 146 valence electrons. The number of nitrogens with one attached hydrogen (secondary N) is 2. The quantitative estimate of drug-likeness (QED) is 0.378. The third kappa shape index (κ3) is 6.45. The average molecular weight is 412 g/mol. The van der Waals surface area contributed by atoms with E-state index in [0.717, 1.165) is 12.8 Å². The van der Waals surface area contributed by atoms with Gasteiger partial charge in [0.05, 0.1) is 16.7 Å². The summed E-state index contributed by atoms with van der Waals surface area (Å²) in [7, 11) is 0. The molecule has 0 saturated carbocycles. The van der Waals surface area contributed by atoms with E-state index in [4.69, 9.17) is 27.9 Å². The van der Waals surface area contributed by atoms with Gasteiger partial charge < -0.3 is 14.6 Å². The Balaban J connectivity index is 2.24. The first-order chi connectivity index (χ1) is 12.9. The maximum absolute atomic E-state index is 12.1. The van der Waals surface area contributed by atoms with Crippen LogP contribution in [0.15, 0.2) is 35.6 Å². The molecule has 0 bridgehead atoms. The van der Waals surface area contributed by atoms with E-state index in [2.05, 4.69) is 20.6 Å². The topological polar surface area (TPSA) is 80.5 Å². The van der Waals surface area contributed by atoms with Crippen molar-refractivity contribution < 1.29 is 9.53 Å². The molecule has 7 nitrogen and oxygen atoms in total. The number of carbonyl (C=O) groups is 1. The first kappa shape index (κ1) is 21.1. The average Bonchev–Trinajstić information content (AvgIpc) is 3.07. The number of hydrogen-bond donors (Lipinski definition) is 2. The molecule has 2 rings (SSSR count). The highest BCUT2D eigenvalue weighted by Gasteiger charge is 2.12. The highest BCUT2D eigenvalue weighted by atomic mass is 35.5. The number of aromatic nitrogens is 2. The van der Waals surface area contributed by atoms with Crippen LogP contribution in [0.5, 0.6) is 0 Å². The third-order valence-electron chi connectivity index (χ3n) is 3.55. The second-order valence-electron chi connectivity index (χ2n) is 6.06. The van der Waals surface area contributed by atoms with E-state index in [1.54, 1.807) is 24.4 Å². The molecule has 0 atom stereocenters. The molecular formula is C18H23Cl2N5O2. The number of hydrogen-bond acceptors (Lipinski definition) is 4. The van der Waals surface area contributed by atoms with Crippen LogP contribution in [0.4, 0.5) is 16.4 Å². The van der Waals surface area contributed by atoms with Crippen LogP contribution in [0.3, 0.4) is 0 Å². The summed E-state index contributed by atoms with van der Waals surface area (Å²) in [6.45, 7) is 6.38. The molecule has 1 aromatic carbocycles. The van der Waals surface area contributed by atoms with Crippen molar-refractivity contribution >= 4 is 46.9 Å². The molecule has 1 heterocycles. The molecule has 27 heavy (non-hydrogen) atoms. The van der Waals surface area contributed by atoms with Crippen molar-refractivity contribution in [1.82, 2.24) is 14.9 Å². The SMILES string of the molecule is CCCCOC(=O)NC(=Nc1nccn1C(C)C)Nc1ccc(Cl)c(Cl)c1. The summed E-state index contributed by atoms with van der Waals surface area (Å²) in [5, 5.41) is 6.44. The van der Waals surface area contributed by atoms with E-state index < -0.39 is 6.09 Å². The van der Waals surface area contributed by atoms with Crippen molar-refractivity contribution in [3.05, 3.63) is 40.6 Å². The zero-order chi connectivity index (χ0) is 19.8. The van der Waals surface area contributed by atoms with Gasteiger partial charge in [-0.3, -0.25) is 5.32 Å². The molecule has 0 fully saturated rings. The second kappa shape index (κ2) is 10.2. The second-order valence-corrected chi connectivity index (χ2v) is 6.87. The maximum atomic E-state index is 12.1. The number of guanidine groups is 1. The number of unbranched alkanes of at least 4 members (excludes halogenated alkanes) is 1. The van der Waals surface area contributed by atoms with Crippen LogP contribution < -0.4 is 10.6 Å². The first-order valence-corrected chi connectivity index (χ1v) is 9.43. The summed E-state index contributed by atoms with van der Waals surface area (Å²) < 4.78 is 7.02. The molecule has 9 heteroatoms. The normalized spacial score (nSPS) is 11.6. The number of alkyl carbamates (subject to hydrolysis) is 1. The van der Waals surface area contributed by atoms with Crippen LogP contribution in [0.1, 0.15) is 39.7 Å². The number of amides is 1. The molecule has 0 radical (unpaired) electrons. The van der Waals surface area contributed by atoms with Gasteiger partial charge in [-0.05, 0) is 38.5 Å². The highest BCUT2D eigenvalue weighted by Crippen LogP contribution is 2.25. The minimum Gasteiger partial charge on any atom is -0.449 e. The molecular weight excluding hydrogens is 389 g/mol. The summed E-state index contributed by atoms with van der Waals surface area (Å²) >= 11 is 12.0. The number of rotatable bonds is 6. The number of anilines is 1. The molecule has 2 N–H and O–H groups in total. The van der Waals surface area contributed by atoms with E-state index in [1.165, 1.54) is 0 Å². The fourth-order valence-electron chi connectivity index (χ4n) is 2.13. The lowest BCUT2D eigenvalue weighted by molar-refractivity contribution is 0.150. The molecule has 1 amide bonds. The number of nitrogens with zero attached hydrogens (tertiary/aromatic N) is 3. The Labute approximate surface area is 168 Å². The van der Waals surface area contributed by atoms with Gasteiger partial charge in [0, 0.05) is 24.1 Å². The molecule has 0 spiro atoms. The van der Waals surface area contributed by atoms with Gasteiger partial charge in [0.2, 0.25) is 11.9 Å². The molecule has 0 aliphatic heterocycles. The fourth-order valence-corrected chi connectivity index (χ4v) is 2.43. The van der Waals surface area contributed by atoms with E-state index in [0.29, 0.717) is 28.3 Å². The van der Waals surface area contributed by atoms with Crippen LogP contribution in [-0.2, 0) is 4.74 Å². The lowest BCUT2D eigenvalue weighted by Crippen LogP contribution is -2.36. The van der Waals surface area contributed by atoms with Crippen LogP contribution in [0.2, 0.25) is 10.0 Å². The standard InChI is InChI=1S/C18H23Cl2N5O2/c1-4-5-10-27-18(26)24-16(22-13-6-7-14(19)15(20)11-13)23-17-21-8-9-25(17)12(2)3/h6-9,11-12H,4-5,10H2,1-3H3,(H2,21,22,23,24,26). The number of aliphatic imine (C=N–C) groups is 1. The summed E-state index contributed by atoms with van der Waals surface area (Å²) in [4.78, 5) is 20.7. The highest BCUT2D eigenvalue weighted by molar-refractivity contribution is 6.42. The summed E-state index contributed by atoms with van der Waals surface area (Å²) in [5.74, 6) is 0.615. The van der Waals surface area contributed by atoms with E-state index >= 15 is 0 Å². The van der Waals surface area contributed by atoms with Crippen LogP contribution in [-0.4, -0.2) is 28.2 Å². The van der Waals surface area contributed by atoms with Crippen LogP contribution >= 0.6 is 23.2 Å². The number of halogens is 2. The lowest BCUT2D eigenvalue weighted by atomic mass is 10.3. The number of imidazole rings is 1. The predicted molar refractivity (Wildman–Crippen MR) is 109 cm³/mol. The summed E-state index contributed by atoms with van der Waals surface area (Å²) in [6, 6.07) is 5.17. The number of benzene rings is 1. The maximum Gasteiger partial charge on any atom is 0.413 e. The van der Waals surface area contributed by atoms with Gasteiger partial charge in [0.15, 0.2) is 0 Å². The monoisotopic (exact) mass is 411 g/mol. The van der Waals surface area contributed by atoms with Gasteiger partial charge in [-0.1, -0.05) is 36.5 Å². The predicted octanol–water partition coefficient (Wildman–Crippen LogP) is 5.40. The largest absolute Gasteiger partial charge is 0.449 e. The minimum atomic E-state index is -0.600. The Morgan fingerprint density at radius 1 is 1.33 bits per heavy atom. The summed E-state index contributed by atoms with van der Waals surface area (Å²) in [6.07, 6.45) is 4.59. The molecule has 0 unspecified atom stereocenters. The van der Waals surface area contributed by atoms with Crippen molar-refractivity contribution in [2.24, 2.45) is 4.99 Å². The molecule has 0 aliphatic rings. The van der Waals surface area contributed by atoms with Gasteiger partial charge in [-0.15, -0.1) is 0 Å². The summed E-state index contributed by atoms with van der Waals surface area (Å²) in [5.41, 5.74) is 0.611. The fraction of sp³-hybridized carbons (Fsp3) is 0.389. The van der Waals surface area contributed by atoms with Crippen LogP contribution in [0.25, 0.3) is 0 Å². The first-order valence-electron chi connectivity index (χ1n) is 8.68. The van der Waals surface area contributed by atoms with Crippen LogP contribution in [0, 0.1) is 0 Å². The molecule has 0 aliphatic carbocycles. The Bertz CT molecular complexity index is 805. The smallest absolute Gasteiger partial charge is 0.413 e. The zero-order valence-corrected chi connectivity index (χ0v) is 17.0. The molecule has 2 aromatic rings. The van der Waals surface area contributed by atoms with Gasteiger partial charge >= 0.3 is 6.09 Å². The van der Waals surface area contributed by atoms with Gasteiger partial charge in [0.25, 0.3) is 0 Å². The van der Waals surface area contributed by atoms with E-state index in [1.807, 2.05) is 31.5 Å². The molecule has 0 saturated heterocycles. The van der Waals surface area contributed by atoms with Gasteiger partial charge in [0.1, 0.15) is 0 Å². The Morgan fingerprint density at radius 2 is 2.11 bits per heavy atom.